The molecule has 3 amide bonds. The van der Waals surface area contributed by atoms with Gasteiger partial charge in [-0.05, 0) is 50.5 Å². The molecule has 1 aliphatic carbocycles. The summed E-state index contributed by atoms with van der Waals surface area (Å²) < 4.78 is 5.38. The molecule has 1 aromatic heterocycles. The van der Waals surface area contributed by atoms with Gasteiger partial charge in [-0.1, -0.05) is 43.2 Å². The molecule has 2 aliphatic heterocycles. The average molecular weight is 563 g/mol. The normalized spacial score (nSPS) is 21.5. The number of fused-ring (bicyclic) bond motifs is 1. The fraction of sp³-hybridized carbons (Fsp3) is 0.581. The summed E-state index contributed by atoms with van der Waals surface area (Å²) in [6, 6.07) is 10.4. The summed E-state index contributed by atoms with van der Waals surface area (Å²) in [5.41, 5.74) is 2.78. The minimum atomic E-state index is -0.272. The number of aromatic nitrogens is 2. The fourth-order valence-corrected chi connectivity index (χ4v) is 6.66. The average Bonchev–Trinajstić information content (AvgIpc) is 3.71. The van der Waals surface area contributed by atoms with Crippen LogP contribution in [0, 0.1) is 31.6 Å². The number of likely N-dealkylation sites (N-methyl/N-ethyl adjacent to an activating group) is 1. The monoisotopic (exact) mass is 562 g/mol. The molecule has 2 saturated heterocycles. The highest BCUT2D eigenvalue weighted by molar-refractivity contribution is 5.96. The Bertz CT molecular complexity index is 1210. The van der Waals surface area contributed by atoms with Crippen molar-refractivity contribution >= 4 is 17.7 Å². The molecule has 2 N–H and O–H groups in total. The van der Waals surface area contributed by atoms with Gasteiger partial charge < -0.3 is 25.2 Å². The molecule has 0 radical (unpaired) electrons. The lowest BCUT2D eigenvalue weighted by Crippen LogP contribution is -2.37. The number of aryl methyl sites for hydroxylation is 2. The van der Waals surface area contributed by atoms with Crippen LogP contribution in [0.2, 0.25) is 0 Å². The maximum atomic E-state index is 13.5. The molecule has 5 rings (SSSR count). The van der Waals surface area contributed by atoms with Gasteiger partial charge in [-0.25, -0.2) is 0 Å². The first-order valence-corrected chi connectivity index (χ1v) is 14.9. The SMILES string of the molecule is CNC(=O)COc1nc(C)c(C(=O)N2CC3CN(CCC(NC(=O)C4CCCC4)c4ccccc4)C[C@H]3C2)c(C)n1. The maximum Gasteiger partial charge on any atom is 0.317 e. The van der Waals surface area contributed by atoms with Gasteiger partial charge in [0.05, 0.1) is 23.0 Å². The topological polar surface area (TPSA) is 117 Å². The van der Waals surface area contributed by atoms with Gasteiger partial charge >= 0.3 is 6.01 Å². The highest BCUT2D eigenvalue weighted by Gasteiger charge is 2.42. The highest BCUT2D eigenvalue weighted by Crippen LogP contribution is 2.33. The summed E-state index contributed by atoms with van der Waals surface area (Å²) in [4.78, 5) is 51.0. The number of hydrogen-bond donors (Lipinski definition) is 2. The van der Waals surface area contributed by atoms with E-state index in [2.05, 4.69) is 37.6 Å². The van der Waals surface area contributed by atoms with Crippen LogP contribution in [-0.4, -0.2) is 83.9 Å². The maximum absolute atomic E-state index is 13.5. The zero-order valence-electron chi connectivity index (χ0n) is 24.4. The Morgan fingerprint density at radius 3 is 2.22 bits per heavy atom. The van der Waals surface area contributed by atoms with Gasteiger partial charge in [-0.2, -0.15) is 9.97 Å². The second-order valence-electron chi connectivity index (χ2n) is 11.7. The van der Waals surface area contributed by atoms with E-state index in [0.717, 1.165) is 57.3 Å². The number of nitrogens with zero attached hydrogens (tertiary/aromatic N) is 4. The van der Waals surface area contributed by atoms with E-state index in [0.29, 0.717) is 41.9 Å². The van der Waals surface area contributed by atoms with Crippen LogP contribution in [0.4, 0.5) is 0 Å². The zero-order chi connectivity index (χ0) is 28.9. The molecule has 1 aromatic carbocycles. The van der Waals surface area contributed by atoms with Crippen molar-refractivity contribution in [2.24, 2.45) is 17.8 Å². The van der Waals surface area contributed by atoms with Crippen molar-refractivity contribution in [2.75, 3.05) is 46.4 Å². The van der Waals surface area contributed by atoms with E-state index in [-0.39, 0.29) is 42.3 Å². The number of amides is 3. The second kappa shape index (κ2) is 13.0. The van der Waals surface area contributed by atoms with Gasteiger partial charge in [0.25, 0.3) is 11.8 Å². The first-order valence-electron chi connectivity index (χ1n) is 14.9. The molecule has 41 heavy (non-hydrogen) atoms. The lowest BCUT2D eigenvalue weighted by molar-refractivity contribution is -0.125. The van der Waals surface area contributed by atoms with Crippen molar-refractivity contribution in [3.05, 3.63) is 52.8 Å². The Labute approximate surface area is 242 Å². The number of nitrogens with one attached hydrogen (secondary N) is 2. The molecule has 10 nitrogen and oxygen atoms in total. The summed E-state index contributed by atoms with van der Waals surface area (Å²) in [5, 5.41) is 5.85. The lowest BCUT2D eigenvalue weighted by Gasteiger charge is -2.26. The number of rotatable bonds is 10. The van der Waals surface area contributed by atoms with Crippen molar-refractivity contribution in [1.29, 1.82) is 0 Å². The van der Waals surface area contributed by atoms with E-state index in [1.165, 1.54) is 7.05 Å². The van der Waals surface area contributed by atoms with E-state index in [9.17, 15) is 14.4 Å². The number of ether oxygens (including phenoxy) is 1. The second-order valence-corrected chi connectivity index (χ2v) is 11.7. The first kappa shape index (κ1) is 29.0. The number of likely N-dealkylation sites (tertiary alicyclic amines) is 2. The standard InChI is InChI=1S/C31H42N6O4/c1-20-28(21(2)34-31(33-20)41-19-27(38)32-3)30(40)37-17-24-15-36(16-25(24)18-37)14-13-26(22-9-5-4-6-10-22)35-29(39)23-11-7-8-12-23/h4-6,9-10,23-26H,7-8,11-19H2,1-3H3,(H,32,38)(H,35,39)/t24-,25?,26?/m0/s1. The van der Waals surface area contributed by atoms with Crippen molar-refractivity contribution in [1.82, 2.24) is 30.4 Å². The van der Waals surface area contributed by atoms with Crippen LogP contribution < -0.4 is 15.4 Å². The molecular formula is C31H42N6O4. The zero-order valence-corrected chi connectivity index (χ0v) is 24.4. The summed E-state index contributed by atoms with van der Waals surface area (Å²) in [7, 11) is 1.54. The van der Waals surface area contributed by atoms with Gasteiger partial charge in [-0.15, -0.1) is 0 Å². The molecule has 3 fully saturated rings. The molecular weight excluding hydrogens is 520 g/mol. The molecule has 220 valence electrons. The van der Waals surface area contributed by atoms with Crippen molar-refractivity contribution in [3.63, 3.8) is 0 Å². The van der Waals surface area contributed by atoms with Crippen LogP contribution in [0.25, 0.3) is 0 Å². The van der Waals surface area contributed by atoms with Crippen LogP contribution in [-0.2, 0) is 9.59 Å². The molecule has 0 bridgehead atoms. The number of carbonyl (C=O) groups excluding carboxylic acids is 3. The van der Waals surface area contributed by atoms with E-state index in [1.807, 2.05) is 23.1 Å². The molecule has 2 unspecified atom stereocenters. The molecule has 10 heteroatoms. The van der Waals surface area contributed by atoms with Gasteiger partial charge in [0.1, 0.15) is 0 Å². The molecule has 3 atom stereocenters. The highest BCUT2D eigenvalue weighted by atomic mass is 16.5. The quantitative estimate of drug-likeness (QED) is 0.457. The van der Waals surface area contributed by atoms with Crippen LogP contribution >= 0.6 is 0 Å². The third kappa shape index (κ3) is 6.86. The van der Waals surface area contributed by atoms with Gasteiger partial charge in [-0.3, -0.25) is 14.4 Å². The van der Waals surface area contributed by atoms with Crippen LogP contribution in [0.15, 0.2) is 30.3 Å². The summed E-state index contributed by atoms with van der Waals surface area (Å²) in [6.45, 7) is 7.63. The van der Waals surface area contributed by atoms with Gasteiger partial charge in [0.2, 0.25) is 5.91 Å². The lowest BCUT2D eigenvalue weighted by atomic mass is 10.0. The Morgan fingerprint density at radius 2 is 1.61 bits per heavy atom. The predicted octanol–water partition coefficient (Wildman–Crippen LogP) is 2.66. The number of benzene rings is 1. The molecule has 3 heterocycles. The van der Waals surface area contributed by atoms with Crippen molar-refractivity contribution < 1.29 is 19.1 Å². The van der Waals surface area contributed by atoms with Crippen LogP contribution in [0.5, 0.6) is 6.01 Å². The molecule has 1 saturated carbocycles. The Hall–Kier alpha value is -3.53. The third-order valence-corrected chi connectivity index (χ3v) is 8.90. The van der Waals surface area contributed by atoms with Crippen molar-refractivity contribution in [2.45, 2.75) is 52.0 Å². The predicted molar refractivity (Wildman–Crippen MR) is 154 cm³/mol. The van der Waals surface area contributed by atoms with Crippen molar-refractivity contribution in [3.8, 4) is 6.01 Å². The van der Waals surface area contributed by atoms with Gasteiger partial charge in [0, 0.05) is 45.7 Å². The molecule has 3 aliphatic rings. The summed E-state index contributed by atoms with van der Waals surface area (Å²) in [5.74, 6) is 0.894. The Balaban J connectivity index is 1.15. The largest absolute Gasteiger partial charge is 0.453 e. The first-order chi connectivity index (χ1) is 19.8. The van der Waals surface area contributed by atoms with E-state index >= 15 is 0 Å². The fourth-order valence-electron chi connectivity index (χ4n) is 6.66. The van der Waals surface area contributed by atoms with E-state index < -0.39 is 0 Å². The summed E-state index contributed by atoms with van der Waals surface area (Å²) >= 11 is 0. The van der Waals surface area contributed by atoms with Crippen LogP contribution in [0.1, 0.15) is 65.5 Å². The molecule has 0 spiro atoms. The van der Waals surface area contributed by atoms with Crippen LogP contribution in [0.3, 0.4) is 0 Å². The minimum absolute atomic E-state index is 0.0112. The molecule has 2 aromatic rings. The Kier molecular flexibility index (Phi) is 9.17. The minimum Gasteiger partial charge on any atom is -0.453 e. The number of carbonyl (C=O) groups is 3. The smallest absolute Gasteiger partial charge is 0.317 e. The van der Waals surface area contributed by atoms with E-state index in [4.69, 9.17) is 4.74 Å². The third-order valence-electron chi connectivity index (χ3n) is 8.90. The summed E-state index contributed by atoms with van der Waals surface area (Å²) in [6.07, 6.45) is 5.16. The Morgan fingerprint density at radius 1 is 0.976 bits per heavy atom. The van der Waals surface area contributed by atoms with E-state index in [1.54, 1.807) is 13.8 Å². The number of hydrogen-bond acceptors (Lipinski definition) is 7. The van der Waals surface area contributed by atoms with Gasteiger partial charge in [0.15, 0.2) is 6.61 Å².